The molecule has 0 radical (unpaired) electrons. The lowest BCUT2D eigenvalue weighted by molar-refractivity contribution is 0.261. The Morgan fingerprint density at radius 3 is 2.56 bits per heavy atom. The van der Waals surface area contributed by atoms with Crippen LogP contribution < -0.4 is 0 Å². The third kappa shape index (κ3) is 3.04. The molecule has 0 aromatic heterocycles. The maximum absolute atomic E-state index is 12.7. The van der Waals surface area contributed by atoms with Gasteiger partial charge in [-0.1, -0.05) is 12.1 Å². The van der Waals surface area contributed by atoms with Crippen LogP contribution in [0.2, 0.25) is 0 Å². The Kier molecular flexibility index (Phi) is 3.53. The van der Waals surface area contributed by atoms with E-state index in [4.69, 9.17) is 5.26 Å². The van der Waals surface area contributed by atoms with Gasteiger partial charge in [-0.15, -0.1) is 0 Å². The third-order valence-corrected chi connectivity index (χ3v) is 2.87. The molecule has 0 aliphatic heterocycles. The maximum Gasteiger partial charge on any atom is 0.123 e. The van der Waals surface area contributed by atoms with Crippen LogP contribution in [0.15, 0.2) is 24.3 Å². The van der Waals surface area contributed by atoms with Crippen LogP contribution in [0.4, 0.5) is 4.39 Å². The Morgan fingerprint density at radius 2 is 2.00 bits per heavy atom. The van der Waals surface area contributed by atoms with Gasteiger partial charge in [0.1, 0.15) is 5.82 Å². The summed E-state index contributed by atoms with van der Waals surface area (Å²) in [5.74, 6) is -0.196. The Balaban J connectivity index is 1.94. The topological polar surface area (TPSA) is 27.0 Å². The van der Waals surface area contributed by atoms with Crippen molar-refractivity contribution in [2.24, 2.45) is 0 Å². The van der Waals surface area contributed by atoms with Crippen molar-refractivity contribution in [2.45, 2.75) is 31.8 Å². The lowest BCUT2D eigenvalue weighted by Crippen LogP contribution is -2.26. The molecule has 2 nitrogen and oxygen atoms in total. The van der Waals surface area contributed by atoms with Gasteiger partial charge in [-0.3, -0.25) is 4.90 Å². The van der Waals surface area contributed by atoms with Crippen molar-refractivity contribution in [1.82, 2.24) is 4.90 Å². The van der Waals surface area contributed by atoms with Crippen LogP contribution in [0.5, 0.6) is 0 Å². The van der Waals surface area contributed by atoms with Crippen molar-refractivity contribution >= 4 is 0 Å². The molecule has 0 heterocycles. The summed E-state index contributed by atoms with van der Waals surface area (Å²) in [6, 6.07) is 9.43. The summed E-state index contributed by atoms with van der Waals surface area (Å²) in [6.07, 6.45) is 3.02. The van der Waals surface area contributed by atoms with E-state index in [1.165, 1.54) is 25.0 Å². The van der Waals surface area contributed by atoms with Crippen LogP contribution in [-0.4, -0.2) is 17.5 Å². The first-order chi connectivity index (χ1) is 7.79. The minimum atomic E-state index is -0.196. The maximum atomic E-state index is 12.7. The second-order valence-corrected chi connectivity index (χ2v) is 4.24. The van der Waals surface area contributed by atoms with E-state index in [-0.39, 0.29) is 5.82 Å². The fourth-order valence-corrected chi connectivity index (χ4v) is 1.85. The van der Waals surface area contributed by atoms with Gasteiger partial charge in [-0.25, -0.2) is 4.39 Å². The molecule has 2 rings (SSSR count). The van der Waals surface area contributed by atoms with Gasteiger partial charge >= 0.3 is 0 Å². The van der Waals surface area contributed by atoms with Crippen LogP contribution in [0, 0.1) is 17.1 Å². The quantitative estimate of drug-likeness (QED) is 0.759. The van der Waals surface area contributed by atoms with Crippen LogP contribution in [-0.2, 0) is 6.54 Å². The number of benzene rings is 1. The molecular weight excluding hydrogens is 203 g/mol. The molecule has 16 heavy (non-hydrogen) atoms. The molecule has 1 aromatic rings. The van der Waals surface area contributed by atoms with E-state index in [9.17, 15) is 4.39 Å². The average Bonchev–Trinajstić information content (AvgIpc) is 3.11. The zero-order valence-corrected chi connectivity index (χ0v) is 9.19. The lowest BCUT2D eigenvalue weighted by Gasteiger charge is -2.20. The Bertz CT molecular complexity index is 376. The number of rotatable bonds is 5. The number of halogens is 1. The predicted molar refractivity (Wildman–Crippen MR) is 60.1 cm³/mol. The summed E-state index contributed by atoms with van der Waals surface area (Å²) in [7, 11) is 0. The Hall–Kier alpha value is -1.40. The van der Waals surface area contributed by atoms with Crippen LogP contribution in [0.3, 0.4) is 0 Å². The molecule has 0 unspecified atom stereocenters. The van der Waals surface area contributed by atoms with E-state index < -0.39 is 0 Å². The first-order valence-electron chi connectivity index (χ1n) is 5.65. The summed E-state index contributed by atoms with van der Waals surface area (Å²) in [4.78, 5) is 2.32. The predicted octanol–water partition coefficient (Wildman–Crippen LogP) is 2.70. The zero-order chi connectivity index (χ0) is 11.4. The highest BCUT2D eigenvalue weighted by atomic mass is 19.1. The Morgan fingerprint density at radius 1 is 1.31 bits per heavy atom. The summed E-state index contributed by atoms with van der Waals surface area (Å²) >= 11 is 0. The molecule has 0 saturated heterocycles. The van der Waals surface area contributed by atoms with Crippen molar-refractivity contribution in [3.8, 4) is 6.07 Å². The first-order valence-corrected chi connectivity index (χ1v) is 5.65. The van der Waals surface area contributed by atoms with Crippen molar-refractivity contribution < 1.29 is 4.39 Å². The van der Waals surface area contributed by atoms with Gasteiger partial charge in [0.2, 0.25) is 0 Å². The molecule has 0 N–H and O–H groups in total. The summed E-state index contributed by atoms with van der Waals surface area (Å²) in [5.41, 5.74) is 1.12. The molecular formula is C13H15FN2. The number of hydrogen-bond acceptors (Lipinski definition) is 2. The summed E-state index contributed by atoms with van der Waals surface area (Å²) in [6.45, 7) is 1.64. The normalized spacial score (nSPS) is 15.1. The smallest absolute Gasteiger partial charge is 0.123 e. The standard InChI is InChI=1S/C13H15FN2/c14-12-4-2-11(3-5-12)10-16(9-1-8-15)13-6-7-13/h2-5,13H,1,6-7,9-10H2. The molecule has 1 aliphatic carbocycles. The fraction of sp³-hybridized carbons (Fsp3) is 0.462. The minimum Gasteiger partial charge on any atom is -0.295 e. The minimum absolute atomic E-state index is 0.196. The van der Waals surface area contributed by atoms with Crippen LogP contribution in [0.1, 0.15) is 24.8 Å². The molecule has 84 valence electrons. The SMILES string of the molecule is N#CCCN(Cc1ccc(F)cc1)C1CC1. The molecule has 0 spiro atoms. The molecule has 0 amide bonds. The number of hydrogen-bond donors (Lipinski definition) is 0. The highest BCUT2D eigenvalue weighted by Gasteiger charge is 2.28. The van der Waals surface area contributed by atoms with E-state index in [2.05, 4.69) is 11.0 Å². The molecule has 1 aromatic carbocycles. The van der Waals surface area contributed by atoms with Crippen molar-refractivity contribution in [3.63, 3.8) is 0 Å². The van der Waals surface area contributed by atoms with E-state index in [1.54, 1.807) is 0 Å². The average molecular weight is 218 g/mol. The summed E-state index contributed by atoms with van der Waals surface area (Å²) in [5, 5.41) is 8.59. The molecule has 3 heteroatoms. The van der Waals surface area contributed by atoms with E-state index in [0.29, 0.717) is 12.5 Å². The highest BCUT2D eigenvalue weighted by molar-refractivity contribution is 5.16. The van der Waals surface area contributed by atoms with Crippen LogP contribution >= 0.6 is 0 Å². The second kappa shape index (κ2) is 5.09. The highest BCUT2D eigenvalue weighted by Crippen LogP contribution is 2.28. The van der Waals surface area contributed by atoms with Gasteiger partial charge in [0.25, 0.3) is 0 Å². The molecule has 0 bridgehead atoms. The number of nitrogens with zero attached hydrogens (tertiary/aromatic N) is 2. The largest absolute Gasteiger partial charge is 0.295 e. The zero-order valence-electron chi connectivity index (χ0n) is 9.19. The van der Waals surface area contributed by atoms with Crippen molar-refractivity contribution in [3.05, 3.63) is 35.6 Å². The van der Waals surface area contributed by atoms with Crippen molar-refractivity contribution in [2.75, 3.05) is 6.54 Å². The first kappa shape index (κ1) is 11.1. The van der Waals surface area contributed by atoms with Gasteiger partial charge in [0, 0.05) is 25.6 Å². The second-order valence-electron chi connectivity index (χ2n) is 4.24. The van der Waals surface area contributed by atoms with Gasteiger partial charge in [-0.05, 0) is 30.5 Å². The Labute approximate surface area is 95.3 Å². The molecule has 1 saturated carbocycles. The van der Waals surface area contributed by atoms with Gasteiger partial charge in [0.05, 0.1) is 6.07 Å². The van der Waals surface area contributed by atoms with E-state index >= 15 is 0 Å². The molecule has 1 fully saturated rings. The van der Waals surface area contributed by atoms with Gasteiger partial charge in [-0.2, -0.15) is 5.26 Å². The fourth-order valence-electron chi connectivity index (χ4n) is 1.85. The lowest BCUT2D eigenvalue weighted by atomic mass is 10.2. The monoisotopic (exact) mass is 218 g/mol. The summed E-state index contributed by atoms with van der Waals surface area (Å²) < 4.78 is 12.7. The van der Waals surface area contributed by atoms with Gasteiger partial charge < -0.3 is 0 Å². The third-order valence-electron chi connectivity index (χ3n) is 2.87. The van der Waals surface area contributed by atoms with E-state index in [0.717, 1.165) is 18.7 Å². The van der Waals surface area contributed by atoms with Crippen molar-refractivity contribution in [1.29, 1.82) is 5.26 Å². The van der Waals surface area contributed by atoms with Crippen LogP contribution in [0.25, 0.3) is 0 Å². The van der Waals surface area contributed by atoms with E-state index in [1.807, 2.05) is 12.1 Å². The van der Waals surface area contributed by atoms with Gasteiger partial charge in [0.15, 0.2) is 0 Å². The number of nitriles is 1. The molecule has 0 atom stereocenters. The molecule has 1 aliphatic rings.